The van der Waals surface area contributed by atoms with E-state index in [2.05, 4.69) is 33.7 Å². The molecule has 1 heterocycles. The molecule has 0 radical (unpaired) electrons. The number of nitrogens with zero attached hydrogens (tertiary/aromatic N) is 2. The van der Waals surface area contributed by atoms with Gasteiger partial charge in [0.15, 0.2) is 0 Å². The molecule has 0 saturated carbocycles. The van der Waals surface area contributed by atoms with E-state index in [1.54, 1.807) is 6.20 Å². The first-order valence-corrected chi connectivity index (χ1v) is 8.09. The van der Waals surface area contributed by atoms with E-state index in [4.69, 9.17) is 5.11 Å². The molecular weight excluding hydrogens is 302 g/mol. The molecule has 0 aliphatic carbocycles. The molecule has 2 N–H and O–H groups in total. The minimum absolute atomic E-state index is 0.180. The second-order valence-corrected chi connectivity index (χ2v) is 5.80. The second kappa shape index (κ2) is 8.82. The van der Waals surface area contributed by atoms with E-state index in [1.807, 2.05) is 32.0 Å². The smallest absolute Gasteiger partial charge is 0.303 e. The van der Waals surface area contributed by atoms with Gasteiger partial charge in [-0.15, -0.1) is 0 Å². The van der Waals surface area contributed by atoms with Crippen LogP contribution in [0.2, 0.25) is 0 Å². The van der Waals surface area contributed by atoms with Crippen molar-refractivity contribution in [1.82, 2.24) is 4.98 Å². The number of carboxylic acids is 1. The van der Waals surface area contributed by atoms with Gasteiger partial charge in [-0.05, 0) is 62.4 Å². The molecule has 0 spiro atoms. The minimum Gasteiger partial charge on any atom is -0.481 e. The van der Waals surface area contributed by atoms with Crippen molar-refractivity contribution in [3.05, 3.63) is 59.4 Å². The molecule has 24 heavy (non-hydrogen) atoms. The van der Waals surface area contributed by atoms with Crippen molar-refractivity contribution in [3.63, 3.8) is 0 Å². The molecule has 0 unspecified atom stereocenters. The molecule has 0 amide bonds. The highest BCUT2D eigenvalue weighted by Crippen LogP contribution is 2.17. The summed E-state index contributed by atoms with van der Waals surface area (Å²) >= 11 is 0. The number of rotatable bonds is 8. The topological polar surface area (TPSA) is 74.6 Å². The Morgan fingerprint density at radius 3 is 2.67 bits per heavy atom. The van der Waals surface area contributed by atoms with Crippen LogP contribution in [0.3, 0.4) is 0 Å². The Balaban J connectivity index is 2.12. The van der Waals surface area contributed by atoms with Gasteiger partial charge in [0.25, 0.3) is 0 Å². The molecule has 2 rings (SSSR count). The Kier molecular flexibility index (Phi) is 6.49. The number of pyridine rings is 1. The summed E-state index contributed by atoms with van der Waals surface area (Å²) in [5.74, 6) is -0.764. The van der Waals surface area contributed by atoms with Gasteiger partial charge in [0, 0.05) is 12.6 Å². The van der Waals surface area contributed by atoms with Gasteiger partial charge in [0.1, 0.15) is 0 Å². The van der Waals surface area contributed by atoms with Gasteiger partial charge in [-0.25, -0.2) is 0 Å². The van der Waals surface area contributed by atoms with Gasteiger partial charge in [-0.2, -0.15) is 5.10 Å². The average molecular weight is 325 g/mol. The minimum atomic E-state index is -0.764. The number of carbonyl (C=O) groups is 1. The zero-order valence-corrected chi connectivity index (χ0v) is 14.1. The molecule has 1 aromatic heterocycles. The van der Waals surface area contributed by atoms with Crippen LogP contribution in [-0.4, -0.2) is 21.8 Å². The normalized spacial score (nSPS) is 11.3. The Bertz CT molecular complexity index is 712. The van der Waals surface area contributed by atoms with Crippen molar-refractivity contribution >= 4 is 17.4 Å². The number of aromatic nitrogens is 1. The molecule has 0 bridgehead atoms. The molecule has 126 valence electrons. The highest BCUT2D eigenvalue weighted by atomic mass is 16.4. The lowest BCUT2D eigenvalue weighted by atomic mass is 10.1. The third-order valence-electron chi connectivity index (χ3n) is 3.72. The first-order valence-electron chi connectivity index (χ1n) is 8.09. The molecule has 0 saturated heterocycles. The van der Waals surface area contributed by atoms with Crippen molar-refractivity contribution in [1.29, 1.82) is 0 Å². The van der Waals surface area contributed by atoms with Crippen LogP contribution >= 0.6 is 0 Å². The van der Waals surface area contributed by atoms with Crippen LogP contribution in [0.4, 0.5) is 5.69 Å². The molecule has 1 aromatic carbocycles. The zero-order valence-electron chi connectivity index (χ0n) is 14.1. The first kappa shape index (κ1) is 17.7. The van der Waals surface area contributed by atoms with Crippen molar-refractivity contribution in [2.75, 3.05) is 5.43 Å². The lowest BCUT2D eigenvalue weighted by Crippen LogP contribution is -2.08. The number of unbranched alkanes of at least 4 members (excludes halogenated alkanes) is 1. The van der Waals surface area contributed by atoms with Crippen LogP contribution in [-0.2, 0) is 4.79 Å². The summed E-state index contributed by atoms with van der Waals surface area (Å²) in [4.78, 5) is 15.0. The van der Waals surface area contributed by atoms with Crippen molar-refractivity contribution < 1.29 is 9.90 Å². The summed E-state index contributed by atoms with van der Waals surface area (Å²) < 4.78 is 0. The van der Waals surface area contributed by atoms with Crippen molar-refractivity contribution in [2.24, 2.45) is 5.10 Å². The van der Waals surface area contributed by atoms with Crippen molar-refractivity contribution in [3.8, 4) is 0 Å². The van der Waals surface area contributed by atoms with Gasteiger partial charge >= 0.3 is 5.97 Å². The maximum Gasteiger partial charge on any atom is 0.303 e. The van der Waals surface area contributed by atoms with E-state index in [0.29, 0.717) is 12.8 Å². The molecule has 2 aromatic rings. The summed E-state index contributed by atoms with van der Waals surface area (Å²) in [5.41, 5.74) is 8.03. The summed E-state index contributed by atoms with van der Waals surface area (Å²) in [7, 11) is 0. The van der Waals surface area contributed by atoms with Crippen LogP contribution in [0.15, 0.2) is 47.7 Å². The largest absolute Gasteiger partial charge is 0.481 e. The predicted molar refractivity (Wildman–Crippen MR) is 96.4 cm³/mol. The number of benzene rings is 1. The molecule has 5 nitrogen and oxygen atoms in total. The third-order valence-corrected chi connectivity index (χ3v) is 3.72. The Labute approximate surface area is 142 Å². The average Bonchev–Trinajstić information content (AvgIpc) is 2.57. The van der Waals surface area contributed by atoms with Gasteiger partial charge in [-0.1, -0.05) is 18.2 Å². The van der Waals surface area contributed by atoms with Crippen LogP contribution < -0.4 is 5.43 Å². The number of hydrogen-bond donors (Lipinski definition) is 2. The fraction of sp³-hybridized carbons (Fsp3) is 0.316. The lowest BCUT2D eigenvalue weighted by molar-refractivity contribution is -0.137. The molecule has 0 aliphatic rings. The fourth-order valence-corrected chi connectivity index (χ4v) is 2.33. The fourth-order valence-electron chi connectivity index (χ4n) is 2.33. The summed E-state index contributed by atoms with van der Waals surface area (Å²) in [6.07, 6.45) is 3.99. The van der Waals surface area contributed by atoms with E-state index >= 15 is 0 Å². The third kappa shape index (κ3) is 5.50. The van der Waals surface area contributed by atoms with Crippen LogP contribution in [0, 0.1) is 13.8 Å². The van der Waals surface area contributed by atoms with Gasteiger partial charge in [0.05, 0.1) is 17.1 Å². The van der Waals surface area contributed by atoms with E-state index in [0.717, 1.165) is 29.1 Å². The van der Waals surface area contributed by atoms with Gasteiger partial charge in [0.2, 0.25) is 0 Å². The Hall–Kier alpha value is -2.69. The highest BCUT2D eigenvalue weighted by molar-refractivity contribution is 5.99. The first-order chi connectivity index (χ1) is 11.6. The Morgan fingerprint density at radius 1 is 1.17 bits per heavy atom. The number of hydrazone groups is 1. The molecule has 0 aliphatic heterocycles. The van der Waals surface area contributed by atoms with E-state index < -0.39 is 5.97 Å². The Morgan fingerprint density at radius 2 is 1.96 bits per heavy atom. The number of aliphatic carboxylic acids is 1. The highest BCUT2D eigenvalue weighted by Gasteiger charge is 2.07. The monoisotopic (exact) mass is 325 g/mol. The SMILES string of the molecule is Cc1ccc(C)c(NN=C(CCCCC(=O)O)c2ccccn2)c1. The number of hydrogen-bond acceptors (Lipinski definition) is 4. The number of carboxylic acid groups (broad SMARTS) is 1. The quantitative estimate of drug-likeness (QED) is 0.434. The van der Waals surface area contributed by atoms with Gasteiger partial charge < -0.3 is 5.11 Å². The summed E-state index contributed by atoms with van der Waals surface area (Å²) in [6, 6.07) is 11.9. The van der Waals surface area contributed by atoms with Crippen LogP contribution in [0.25, 0.3) is 0 Å². The maximum absolute atomic E-state index is 10.6. The van der Waals surface area contributed by atoms with Crippen LogP contribution in [0.1, 0.15) is 42.5 Å². The zero-order chi connectivity index (χ0) is 17.4. The molecule has 0 fully saturated rings. The molecular formula is C19H23N3O2. The number of aryl methyl sites for hydroxylation is 2. The lowest BCUT2D eigenvalue weighted by Gasteiger charge is -2.10. The molecule has 5 heteroatoms. The van der Waals surface area contributed by atoms with Crippen molar-refractivity contribution in [2.45, 2.75) is 39.5 Å². The standard InChI is InChI=1S/C19H23N3O2/c1-14-10-11-15(2)18(13-14)22-21-17(8-3-4-9-19(23)24)16-7-5-6-12-20-16/h5-7,10-13,22H,3-4,8-9H2,1-2H3,(H,23,24). The summed E-state index contributed by atoms with van der Waals surface area (Å²) in [6.45, 7) is 4.07. The van der Waals surface area contributed by atoms with E-state index in [-0.39, 0.29) is 6.42 Å². The predicted octanol–water partition coefficient (Wildman–Crippen LogP) is 4.16. The number of nitrogens with one attached hydrogen (secondary N) is 1. The van der Waals surface area contributed by atoms with Crippen LogP contribution in [0.5, 0.6) is 0 Å². The maximum atomic E-state index is 10.6. The van der Waals surface area contributed by atoms with Gasteiger partial charge in [-0.3, -0.25) is 15.2 Å². The van der Waals surface area contributed by atoms with E-state index in [9.17, 15) is 4.79 Å². The summed E-state index contributed by atoms with van der Waals surface area (Å²) in [5, 5.41) is 13.3. The van der Waals surface area contributed by atoms with E-state index in [1.165, 1.54) is 5.56 Å². The number of anilines is 1. The molecule has 0 atom stereocenters. The second-order valence-electron chi connectivity index (χ2n) is 5.80.